The maximum absolute atomic E-state index is 11.1. The first-order chi connectivity index (χ1) is 7.06. The summed E-state index contributed by atoms with van der Waals surface area (Å²) in [4.78, 5) is 21.9. The van der Waals surface area contributed by atoms with Gasteiger partial charge in [-0.15, -0.1) is 5.11 Å². The van der Waals surface area contributed by atoms with Crippen LogP contribution in [-0.2, 0) is 19.1 Å². The Morgan fingerprint density at radius 3 is 2.27 bits per heavy atom. The first-order valence-electron chi connectivity index (χ1n) is 3.93. The molecule has 0 aliphatic rings. The molecule has 0 aromatic rings. The molecule has 7 heteroatoms. The Bertz CT molecular complexity index is 308. The van der Waals surface area contributed by atoms with Gasteiger partial charge >= 0.3 is 11.9 Å². The van der Waals surface area contributed by atoms with E-state index in [1.807, 2.05) is 0 Å². The normalized spacial score (nSPS) is 12.2. The second kappa shape index (κ2) is 6.52. The predicted octanol–water partition coefficient (Wildman–Crippen LogP) is 0.574. The lowest BCUT2D eigenvalue weighted by Crippen LogP contribution is -2.09. The molecule has 0 aliphatic carbocycles. The number of azo groups is 1. The molecule has 15 heavy (non-hydrogen) atoms. The summed E-state index contributed by atoms with van der Waals surface area (Å²) >= 11 is 0. The summed E-state index contributed by atoms with van der Waals surface area (Å²) in [5.74, 6) is -2.11. The molecule has 0 aromatic heterocycles. The van der Waals surface area contributed by atoms with Crippen LogP contribution >= 0.6 is 0 Å². The van der Waals surface area contributed by atoms with Gasteiger partial charge in [-0.3, -0.25) is 4.79 Å². The zero-order valence-electron chi connectivity index (χ0n) is 8.68. The number of carbonyl (C=O) groups is 2. The number of nitrogens with zero attached hydrogens (tertiary/aromatic N) is 2. The van der Waals surface area contributed by atoms with E-state index in [-0.39, 0.29) is 0 Å². The maximum atomic E-state index is 11.1. The maximum Gasteiger partial charge on any atom is 0.362 e. The first-order valence-corrected chi connectivity index (χ1v) is 3.93. The van der Waals surface area contributed by atoms with Crippen LogP contribution in [-0.4, -0.2) is 38.3 Å². The molecule has 1 N–H and O–H groups in total. The standard InChI is InChI=1S/C8H12N2O5/c1-9-10-7(8(13)15-3)5(11)4-6(12)14-2/h11H,4H2,1-3H3/b7-5+,10-9?. The predicted molar refractivity (Wildman–Crippen MR) is 49.1 cm³/mol. The van der Waals surface area contributed by atoms with Gasteiger partial charge in [-0.25, -0.2) is 4.79 Å². The van der Waals surface area contributed by atoms with Crippen molar-refractivity contribution in [3.8, 4) is 0 Å². The highest BCUT2D eigenvalue weighted by Gasteiger charge is 2.18. The summed E-state index contributed by atoms with van der Waals surface area (Å²) in [7, 11) is 3.60. The van der Waals surface area contributed by atoms with Gasteiger partial charge in [0, 0.05) is 7.05 Å². The fourth-order valence-corrected chi connectivity index (χ4v) is 0.706. The monoisotopic (exact) mass is 216 g/mol. The zero-order valence-corrected chi connectivity index (χ0v) is 8.68. The van der Waals surface area contributed by atoms with Gasteiger partial charge in [-0.1, -0.05) is 0 Å². The molecule has 0 atom stereocenters. The molecule has 0 saturated heterocycles. The van der Waals surface area contributed by atoms with E-state index in [4.69, 9.17) is 0 Å². The number of ether oxygens (including phenoxy) is 2. The number of carbonyl (C=O) groups excluding carboxylic acids is 2. The molecular formula is C8H12N2O5. The van der Waals surface area contributed by atoms with Crippen molar-refractivity contribution in [2.75, 3.05) is 21.3 Å². The molecule has 7 nitrogen and oxygen atoms in total. The third kappa shape index (κ3) is 4.21. The van der Waals surface area contributed by atoms with Gasteiger partial charge in [-0.05, 0) is 0 Å². The van der Waals surface area contributed by atoms with Crippen molar-refractivity contribution >= 4 is 11.9 Å². The largest absolute Gasteiger partial charge is 0.509 e. The zero-order chi connectivity index (χ0) is 11.8. The summed E-state index contributed by atoms with van der Waals surface area (Å²) in [6.07, 6.45) is -0.458. The number of aliphatic hydroxyl groups excluding tert-OH is 1. The molecular weight excluding hydrogens is 204 g/mol. The van der Waals surface area contributed by atoms with Crippen LogP contribution in [0.1, 0.15) is 6.42 Å². The van der Waals surface area contributed by atoms with Crippen molar-refractivity contribution in [2.24, 2.45) is 10.2 Å². The Labute approximate surface area is 86.4 Å². The minimum Gasteiger partial charge on any atom is -0.509 e. The van der Waals surface area contributed by atoms with Gasteiger partial charge in [0.15, 0.2) is 0 Å². The lowest BCUT2D eigenvalue weighted by molar-refractivity contribution is -0.140. The number of hydrogen-bond donors (Lipinski definition) is 1. The third-order valence-corrected chi connectivity index (χ3v) is 1.39. The van der Waals surface area contributed by atoms with E-state index in [0.29, 0.717) is 0 Å². The van der Waals surface area contributed by atoms with Gasteiger partial charge in [0.05, 0.1) is 14.2 Å². The van der Waals surface area contributed by atoms with Crippen LogP contribution in [0.5, 0.6) is 0 Å². The van der Waals surface area contributed by atoms with Gasteiger partial charge in [-0.2, -0.15) is 5.11 Å². The van der Waals surface area contributed by atoms with Crippen LogP contribution in [0.25, 0.3) is 0 Å². The Hall–Kier alpha value is -1.92. The molecule has 0 amide bonds. The van der Waals surface area contributed by atoms with Crippen LogP contribution in [0.3, 0.4) is 0 Å². The quantitative estimate of drug-likeness (QED) is 0.320. The summed E-state index contributed by atoms with van der Waals surface area (Å²) in [6.45, 7) is 0. The highest BCUT2D eigenvalue weighted by molar-refractivity contribution is 5.89. The lowest BCUT2D eigenvalue weighted by Gasteiger charge is -2.02. The molecule has 0 aromatic carbocycles. The SMILES string of the molecule is CN=N/C(C(=O)OC)=C(/O)CC(=O)OC. The van der Waals surface area contributed by atoms with Crippen molar-refractivity contribution < 1.29 is 24.2 Å². The van der Waals surface area contributed by atoms with E-state index >= 15 is 0 Å². The highest BCUT2D eigenvalue weighted by atomic mass is 16.5. The van der Waals surface area contributed by atoms with E-state index in [0.717, 1.165) is 14.2 Å². The van der Waals surface area contributed by atoms with Crippen molar-refractivity contribution in [1.82, 2.24) is 0 Å². The smallest absolute Gasteiger partial charge is 0.362 e. The Kier molecular flexibility index (Phi) is 5.69. The van der Waals surface area contributed by atoms with Crippen molar-refractivity contribution in [3.63, 3.8) is 0 Å². The van der Waals surface area contributed by atoms with E-state index in [1.54, 1.807) is 0 Å². The van der Waals surface area contributed by atoms with Crippen molar-refractivity contribution in [2.45, 2.75) is 6.42 Å². The number of rotatable bonds is 4. The minimum absolute atomic E-state index is 0.412. The fourth-order valence-electron chi connectivity index (χ4n) is 0.706. The molecule has 0 heterocycles. The molecule has 0 fully saturated rings. The third-order valence-electron chi connectivity index (χ3n) is 1.39. The summed E-state index contributed by atoms with van der Waals surface area (Å²) in [6, 6.07) is 0. The molecule has 0 radical (unpaired) electrons. The molecule has 0 saturated carbocycles. The van der Waals surface area contributed by atoms with E-state index in [9.17, 15) is 14.7 Å². The molecule has 84 valence electrons. The average Bonchev–Trinajstić information content (AvgIpc) is 2.24. The van der Waals surface area contributed by atoms with E-state index < -0.39 is 29.8 Å². The van der Waals surface area contributed by atoms with Crippen molar-refractivity contribution in [1.29, 1.82) is 0 Å². The second-order valence-electron chi connectivity index (χ2n) is 2.34. The summed E-state index contributed by atoms with van der Waals surface area (Å²) in [5.41, 5.74) is -0.412. The topological polar surface area (TPSA) is 97.5 Å². The average molecular weight is 216 g/mol. The molecule has 0 spiro atoms. The lowest BCUT2D eigenvalue weighted by atomic mass is 10.3. The summed E-state index contributed by atoms with van der Waals surface area (Å²) < 4.78 is 8.64. The van der Waals surface area contributed by atoms with Crippen LogP contribution in [0.2, 0.25) is 0 Å². The Balaban J connectivity index is 4.91. The van der Waals surface area contributed by atoms with Crippen LogP contribution in [0.4, 0.5) is 0 Å². The van der Waals surface area contributed by atoms with E-state index in [2.05, 4.69) is 19.7 Å². The highest BCUT2D eigenvalue weighted by Crippen LogP contribution is 2.10. The van der Waals surface area contributed by atoms with Crippen molar-refractivity contribution in [3.05, 3.63) is 11.5 Å². The Morgan fingerprint density at radius 1 is 1.27 bits per heavy atom. The van der Waals surface area contributed by atoms with Gasteiger partial charge in [0.2, 0.25) is 5.70 Å². The number of methoxy groups -OCH3 is 2. The van der Waals surface area contributed by atoms with Gasteiger partial charge in [0.25, 0.3) is 0 Å². The second-order valence-corrected chi connectivity index (χ2v) is 2.34. The van der Waals surface area contributed by atoms with Crippen LogP contribution < -0.4 is 0 Å². The number of aliphatic hydroxyl groups is 1. The molecule has 0 aliphatic heterocycles. The van der Waals surface area contributed by atoms with Gasteiger partial charge in [0.1, 0.15) is 12.2 Å². The number of hydrogen-bond acceptors (Lipinski definition) is 7. The molecule has 0 unspecified atom stereocenters. The number of esters is 2. The van der Waals surface area contributed by atoms with E-state index in [1.165, 1.54) is 7.05 Å². The first kappa shape index (κ1) is 13.1. The van der Waals surface area contributed by atoms with Gasteiger partial charge < -0.3 is 14.6 Å². The fraction of sp³-hybridized carbons (Fsp3) is 0.500. The molecule has 0 bridgehead atoms. The Morgan fingerprint density at radius 2 is 1.87 bits per heavy atom. The summed E-state index contributed by atoms with van der Waals surface area (Å²) in [5, 5.41) is 16.0. The molecule has 0 rings (SSSR count). The minimum atomic E-state index is -0.873. The van der Waals surface area contributed by atoms with Crippen LogP contribution in [0.15, 0.2) is 21.7 Å². The van der Waals surface area contributed by atoms with Crippen LogP contribution in [0, 0.1) is 0 Å².